The molecule has 0 bridgehead atoms. The van der Waals surface area contributed by atoms with Gasteiger partial charge in [0.15, 0.2) is 0 Å². The first-order valence-corrected chi connectivity index (χ1v) is 4.50. The van der Waals surface area contributed by atoms with E-state index in [-0.39, 0.29) is 0 Å². The van der Waals surface area contributed by atoms with E-state index in [4.69, 9.17) is 0 Å². The van der Waals surface area contributed by atoms with Gasteiger partial charge in [0.1, 0.15) is 5.75 Å². The Bertz CT molecular complexity index is 294. The van der Waals surface area contributed by atoms with Crippen LogP contribution in [0.2, 0.25) is 0 Å². The predicted molar refractivity (Wildman–Crippen MR) is 55.4 cm³/mol. The summed E-state index contributed by atoms with van der Waals surface area (Å²) in [5.74, 6) is 0.384. The highest BCUT2D eigenvalue weighted by molar-refractivity contribution is 5.40. The maximum atomic E-state index is 9.43. The van der Waals surface area contributed by atoms with E-state index >= 15 is 0 Å². The van der Waals surface area contributed by atoms with E-state index in [1.807, 2.05) is 33.0 Å². The SMILES string of the molecule is C[N-]CCc1cc(C)c(O)cc1C. The van der Waals surface area contributed by atoms with Crippen molar-refractivity contribution in [3.05, 3.63) is 34.1 Å². The third-order valence-corrected chi connectivity index (χ3v) is 2.26. The Hall–Kier alpha value is -1.02. The molecule has 0 saturated heterocycles. The molecule has 0 amide bonds. The van der Waals surface area contributed by atoms with Crippen LogP contribution in [0.4, 0.5) is 0 Å². The molecule has 0 radical (unpaired) electrons. The minimum Gasteiger partial charge on any atom is -0.665 e. The largest absolute Gasteiger partial charge is 0.665 e. The van der Waals surface area contributed by atoms with E-state index in [1.54, 1.807) is 0 Å². The zero-order chi connectivity index (χ0) is 9.84. The molecular formula is C11H16NO-. The molecule has 2 heteroatoms. The van der Waals surface area contributed by atoms with E-state index in [0.29, 0.717) is 5.75 Å². The topological polar surface area (TPSA) is 34.3 Å². The molecule has 72 valence electrons. The summed E-state index contributed by atoms with van der Waals surface area (Å²) in [6.07, 6.45) is 0.962. The number of likely N-dealkylation sites (N-methyl/N-ethyl adjacent to an activating group) is 1. The number of phenolic OH excluding ortho intramolecular Hbond substituents is 1. The van der Waals surface area contributed by atoms with Crippen LogP contribution in [0.3, 0.4) is 0 Å². The van der Waals surface area contributed by atoms with Crippen LogP contribution in [-0.4, -0.2) is 18.7 Å². The van der Waals surface area contributed by atoms with Crippen molar-refractivity contribution in [2.75, 3.05) is 13.6 Å². The van der Waals surface area contributed by atoms with Gasteiger partial charge in [-0.3, -0.25) is 0 Å². The van der Waals surface area contributed by atoms with Crippen LogP contribution in [0.5, 0.6) is 5.75 Å². The number of phenols is 1. The molecule has 0 fully saturated rings. The Labute approximate surface area is 79.6 Å². The van der Waals surface area contributed by atoms with Crippen molar-refractivity contribution in [1.82, 2.24) is 0 Å². The van der Waals surface area contributed by atoms with Crippen LogP contribution in [-0.2, 0) is 6.42 Å². The molecule has 1 N–H and O–H groups in total. The molecule has 1 aromatic carbocycles. The molecule has 0 aliphatic carbocycles. The first kappa shape index (κ1) is 10.1. The maximum absolute atomic E-state index is 9.43. The van der Waals surface area contributed by atoms with Crippen LogP contribution in [0, 0.1) is 13.8 Å². The summed E-state index contributed by atoms with van der Waals surface area (Å²) in [5.41, 5.74) is 3.37. The average Bonchev–Trinajstić information content (AvgIpc) is 2.09. The molecule has 2 nitrogen and oxygen atoms in total. The van der Waals surface area contributed by atoms with Gasteiger partial charge in [-0.1, -0.05) is 6.07 Å². The Morgan fingerprint density at radius 1 is 1.23 bits per heavy atom. The summed E-state index contributed by atoms with van der Waals surface area (Å²) in [7, 11) is 1.82. The number of benzene rings is 1. The Balaban J connectivity index is 2.88. The smallest absolute Gasteiger partial charge is 0.118 e. The van der Waals surface area contributed by atoms with Crippen LogP contribution >= 0.6 is 0 Å². The van der Waals surface area contributed by atoms with Gasteiger partial charge < -0.3 is 10.4 Å². The molecule has 0 unspecified atom stereocenters. The van der Waals surface area contributed by atoms with E-state index in [9.17, 15) is 5.11 Å². The summed E-state index contributed by atoms with van der Waals surface area (Å²) in [6, 6.07) is 3.86. The number of nitrogens with zero attached hydrogens (tertiary/aromatic N) is 1. The summed E-state index contributed by atoms with van der Waals surface area (Å²) in [6.45, 7) is 4.79. The molecule has 0 heterocycles. The number of rotatable bonds is 3. The Kier molecular flexibility index (Phi) is 3.32. The van der Waals surface area contributed by atoms with Gasteiger partial charge in [-0.25, -0.2) is 0 Å². The van der Waals surface area contributed by atoms with Crippen LogP contribution < -0.4 is 0 Å². The van der Waals surface area contributed by atoms with Gasteiger partial charge in [0, 0.05) is 0 Å². The second kappa shape index (κ2) is 4.28. The average molecular weight is 178 g/mol. The van der Waals surface area contributed by atoms with Gasteiger partial charge in [0.25, 0.3) is 0 Å². The molecule has 0 aliphatic heterocycles. The molecule has 0 aliphatic rings. The highest BCUT2D eigenvalue weighted by atomic mass is 16.3. The molecule has 0 atom stereocenters. The lowest BCUT2D eigenvalue weighted by Gasteiger charge is -2.13. The van der Waals surface area contributed by atoms with Gasteiger partial charge >= 0.3 is 0 Å². The summed E-state index contributed by atoms with van der Waals surface area (Å²) in [5, 5.41) is 13.5. The van der Waals surface area contributed by atoms with Crippen molar-refractivity contribution in [3.63, 3.8) is 0 Å². The normalized spacial score (nSPS) is 10.4. The minimum absolute atomic E-state index is 0.384. The first-order valence-electron chi connectivity index (χ1n) is 4.50. The molecule has 0 spiro atoms. The molecular weight excluding hydrogens is 162 g/mol. The van der Waals surface area contributed by atoms with Gasteiger partial charge in [-0.2, -0.15) is 7.05 Å². The van der Waals surface area contributed by atoms with Crippen molar-refractivity contribution in [1.29, 1.82) is 0 Å². The van der Waals surface area contributed by atoms with Crippen LogP contribution in [0.1, 0.15) is 16.7 Å². The minimum atomic E-state index is 0.384. The van der Waals surface area contributed by atoms with E-state index in [2.05, 4.69) is 5.32 Å². The zero-order valence-electron chi connectivity index (χ0n) is 8.46. The zero-order valence-corrected chi connectivity index (χ0v) is 8.46. The summed E-state index contributed by atoms with van der Waals surface area (Å²) >= 11 is 0. The highest BCUT2D eigenvalue weighted by Crippen LogP contribution is 2.21. The second-order valence-electron chi connectivity index (χ2n) is 3.36. The van der Waals surface area contributed by atoms with Gasteiger partial charge in [-0.15, -0.1) is 6.54 Å². The maximum Gasteiger partial charge on any atom is 0.118 e. The fourth-order valence-electron chi connectivity index (χ4n) is 1.36. The lowest BCUT2D eigenvalue weighted by molar-refractivity contribution is 0.470. The van der Waals surface area contributed by atoms with Crippen molar-refractivity contribution in [2.24, 2.45) is 0 Å². The quantitative estimate of drug-likeness (QED) is 0.758. The fraction of sp³-hybridized carbons (Fsp3) is 0.455. The number of hydrogen-bond donors (Lipinski definition) is 1. The van der Waals surface area contributed by atoms with Crippen molar-refractivity contribution >= 4 is 0 Å². The number of aromatic hydroxyl groups is 1. The summed E-state index contributed by atoms with van der Waals surface area (Å²) < 4.78 is 0. The standard InChI is InChI=1S/C11H16NO/c1-8-7-11(13)9(2)6-10(8)4-5-12-3/h6-7,13H,4-5H2,1-3H3/q-1. The first-order chi connectivity index (χ1) is 6.15. The third kappa shape index (κ3) is 2.46. The number of hydrogen-bond acceptors (Lipinski definition) is 1. The van der Waals surface area contributed by atoms with Crippen molar-refractivity contribution < 1.29 is 5.11 Å². The van der Waals surface area contributed by atoms with Crippen LogP contribution in [0.25, 0.3) is 5.32 Å². The molecule has 0 aromatic heterocycles. The molecule has 0 saturated carbocycles. The van der Waals surface area contributed by atoms with Crippen molar-refractivity contribution in [2.45, 2.75) is 20.3 Å². The lowest BCUT2D eigenvalue weighted by atomic mass is 10.0. The monoisotopic (exact) mass is 178 g/mol. The third-order valence-electron chi connectivity index (χ3n) is 2.26. The highest BCUT2D eigenvalue weighted by Gasteiger charge is 2.01. The van der Waals surface area contributed by atoms with Gasteiger partial charge in [-0.05, 0) is 43.0 Å². The van der Waals surface area contributed by atoms with Gasteiger partial charge in [0.2, 0.25) is 0 Å². The van der Waals surface area contributed by atoms with E-state index in [0.717, 1.165) is 24.1 Å². The fourth-order valence-corrected chi connectivity index (χ4v) is 1.36. The molecule has 1 aromatic rings. The lowest BCUT2D eigenvalue weighted by Crippen LogP contribution is -1.94. The van der Waals surface area contributed by atoms with Gasteiger partial charge in [0.05, 0.1) is 0 Å². The second-order valence-corrected chi connectivity index (χ2v) is 3.36. The predicted octanol–water partition coefficient (Wildman–Crippen LogP) is 2.56. The molecule has 13 heavy (non-hydrogen) atoms. The van der Waals surface area contributed by atoms with E-state index in [1.165, 1.54) is 5.56 Å². The number of aryl methyl sites for hydroxylation is 2. The van der Waals surface area contributed by atoms with Crippen molar-refractivity contribution in [3.8, 4) is 5.75 Å². The van der Waals surface area contributed by atoms with E-state index < -0.39 is 0 Å². The Morgan fingerprint density at radius 2 is 1.92 bits per heavy atom. The van der Waals surface area contributed by atoms with Crippen LogP contribution in [0.15, 0.2) is 12.1 Å². The molecule has 1 rings (SSSR count). The summed E-state index contributed by atoms with van der Waals surface area (Å²) in [4.78, 5) is 0. The Morgan fingerprint density at radius 3 is 2.54 bits per heavy atom.